The van der Waals surface area contributed by atoms with Gasteiger partial charge >= 0.3 is 0 Å². The summed E-state index contributed by atoms with van der Waals surface area (Å²) >= 11 is 2.13. The van der Waals surface area contributed by atoms with Crippen molar-refractivity contribution in [1.29, 1.82) is 0 Å². The SMILES string of the molecule is Cn1cc(Br)c([C@H](CCO)N[S+]([O-])C(C)(C)C)cc1=O. The third-order valence-electron chi connectivity index (χ3n) is 2.81. The highest BCUT2D eigenvalue weighted by molar-refractivity contribution is 9.10. The van der Waals surface area contributed by atoms with E-state index in [0.717, 1.165) is 4.47 Å². The standard InChI is InChI=1S/C13H21BrN2O3S/c1-13(2,3)20(19)15-11(5-6-17)9-7-12(18)16(4)8-10(9)14/h7-8,11,15,17H,5-6H2,1-4H3/t11-,20?/m0/s1. The van der Waals surface area contributed by atoms with E-state index < -0.39 is 16.1 Å². The fraction of sp³-hybridized carbons (Fsp3) is 0.615. The van der Waals surface area contributed by atoms with E-state index in [4.69, 9.17) is 0 Å². The molecule has 0 aliphatic rings. The monoisotopic (exact) mass is 364 g/mol. The maximum atomic E-state index is 12.2. The van der Waals surface area contributed by atoms with Gasteiger partial charge in [0.15, 0.2) is 0 Å². The molecule has 0 bridgehead atoms. The molecule has 0 spiro atoms. The van der Waals surface area contributed by atoms with E-state index in [-0.39, 0.29) is 18.2 Å². The number of nitrogens with zero attached hydrogens (tertiary/aromatic N) is 1. The first-order valence-electron chi connectivity index (χ1n) is 6.31. The van der Waals surface area contributed by atoms with Gasteiger partial charge in [-0.15, -0.1) is 4.72 Å². The fourth-order valence-corrected chi connectivity index (χ4v) is 3.15. The van der Waals surface area contributed by atoms with Crippen LogP contribution in [0.25, 0.3) is 0 Å². The van der Waals surface area contributed by atoms with Gasteiger partial charge in [0.1, 0.15) is 4.75 Å². The van der Waals surface area contributed by atoms with Crippen LogP contribution in [-0.2, 0) is 18.4 Å². The average Bonchev–Trinajstić information content (AvgIpc) is 2.32. The van der Waals surface area contributed by atoms with E-state index in [0.29, 0.717) is 12.0 Å². The topological polar surface area (TPSA) is 77.3 Å². The lowest BCUT2D eigenvalue weighted by molar-refractivity contribution is 0.272. The minimum absolute atomic E-state index is 0.0549. The van der Waals surface area contributed by atoms with Crippen LogP contribution in [-0.4, -0.2) is 25.6 Å². The molecule has 0 aromatic carbocycles. The van der Waals surface area contributed by atoms with Gasteiger partial charge in [-0.3, -0.25) is 4.79 Å². The summed E-state index contributed by atoms with van der Waals surface area (Å²) in [6.45, 7) is 5.54. The first-order valence-corrected chi connectivity index (χ1v) is 8.26. The second-order valence-corrected chi connectivity index (χ2v) is 8.44. The Bertz CT molecular complexity index is 513. The van der Waals surface area contributed by atoms with E-state index in [1.165, 1.54) is 10.6 Å². The minimum atomic E-state index is -1.28. The lowest BCUT2D eigenvalue weighted by Gasteiger charge is -2.28. The number of nitrogens with one attached hydrogen (secondary N) is 1. The molecule has 0 aliphatic heterocycles. The van der Waals surface area contributed by atoms with Crippen molar-refractivity contribution in [3.05, 3.63) is 32.7 Å². The summed E-state index contributed by atoms with van der Waals surface area (Å²) in [6.07, 6.45) is 2.05. The van der Waals surface area contributed by atoms with Crippen LogP contribution < -0.4 is 10.3 Å². The molecule has 1 rings (SSSR count). The molecule has 1 aromatic rings. The highest BCUT2D eigenvalue weighted by Gasteiger charge is 2.30. The van der Waals surface area contributed by atoms with Crippen LogP contribution in [0.4, 0.5) is 0 Å². The summed E-state index contributed by atoms with van der Waals surface area (Å²) in [5, 5.41) is 9.19. The number of hydrogen-bond donors (Lipinski definition) is 2. The number of aromatic nitrogens is 1. The van der Waals surface area contributed by atoms with E-state index in [2.05, 4.69) is 20.7 Å². The predicted octanol–water partition coefficient (Wildman–Crippen LogP) is 1.62. The van der Waals surface area contributed by atoms with Crippen LogP contribution in [0.15, 0.2) is 21.5 Å². The van der Waals surface area contributed by atoms with Gasteiger partial charge in [-0.05, 0) is 48.7 Å². The van der Waals surface area contributed by atoms with Crippen LogP contribution in [0.2, 0.25) is 0 Å². The van der Waals surface area contributed by atoms with Crippen molar-refractivity contribution in [3.8, 4) is 0 Å². The molecule has 20 heavy (non-hydrogen) atoms. The van der Waals surface area contributed by atoms with Crippen molar-refractivity contribution in [1.82, 2.24) is 9.29 Å². The molecule has 2 atom stereocenters. The Morgan fingerprint density at radius 1 is 1.55 bits per heavy atom. The number of aliphatic hydroxyl groups is 1. The van der Waals surface area contributed by atoms with Gasteiger partial charge in [0.2, 0.25) is 0 Å². The van der Waals surface area contributed by atoms with Crippen molar-refractivity contribution >= 4 is 27.3 Å². The number of pyridine rings is 1. The minimum Gasteiger partial charge on any atom is -0.598 e. The molecule has 5 nitrogen and oxygen atoms in total. The van der Waals surface area contributed by atoms with Gasteiger partial charge in [-0.1, -0.05) is 0 Å². The van der Waals surface area contributed by atoms with Gasteiger partial charge in [0, 0.05) is 41.8 Å². The van der Waals surface area contributed by atoms with Gasteiger partial charge in [0.05, 0.1) is 6.04 Å². The fourth-order valence-electron chi connectivity index (χ4n) is 1.59. The van der Waals surface area contributed by atoms with Crippen molar-refractivity contribution < 1.29 is 9.66 Å². The molecular formula is C13H21BrN2O3S. The van der Waals surface area contributed by atoms with Gasteiger partial charge in [-0.2, -0.15) is 0 Å². The van der Waals surface area contributed by atoms with Gasteiger partial charge in [-0.25, -0.2) is 0 Å². The smallest absolute Gasteiger partial charge is 0.250 e. The number of rotatable bonds is 5. The summed E-state index contributed by atoms with van der Waals surface area (Å²) < 4.78 is 17.0. The highest BCUT2D eigenvalue weighted by Crippen LogP contribution is 2.26. The Morgan fingerprint density at radius 3 is 2.65 bits per heavy atom. The molecule has 0 saturated heterocycles. The predicted molar refractivity (Wildman–Crippen MR) is 84.9 cm³/mol. The van der Waals surface area contributed by atoms with Crippen molar-refractivity contribution in [2.45, 2.75) is 38.0 Å². The molecule has 1 heterocycles. The summed E-state index contributed by atoms with van der Waals surface area (Å²) in [5.74, 6) is 0. The van der Waals surface area contributed by atoms with Crippen LogP contribution in [0.3, 0.4) is 0 Å². The summed E-state index contributed by atoms with van der Waals surface area (Å²) in [4.78, 5) is 11.8. The molecule has 0 fully saturated rings. The number of halogens is 1. The van der Waals surface area contributed by atoms with Gasteiger partial charge in [0.25, 0.3) is 5.56 Å². The average molecular weight is 365 g/mol. The third kappa shape index (κ3) is 4.60. The molecule has 0 aliphatic carbocycles. The number of hydrogen-bond acceptors (Lipinski definition) is 4. The number of aryl methyl sites for hydroxylation is 1. The van der Waals surface area contributed by atoms with Crippen LogP contribution >= 0.6 is 15.9 Å². The Balaban J connectivity index is 3.08. The highest BCUT2D eigenvalue weighted by atomic mass is 79.9. The zero-order valence-electron chi connectivity index (χ0n) is 12.1. The number of aliphatic hydroxyl groups excluding tert-OH is 1. The first kappa shape index (κ1) is 17.7. The Kier molecular flexibility index (Phi) is 6.27. The third-order valence-corrected chi connectivity index (χ3v) is 5.08. The van der Waals surface area contributed by atoms with E-state index in [9.17, 15) is 14.5 Å². The van der Waals surface area contributed by atoms with Crippen LogP contribution in [0.5, 0.6) is 0 Å². The van der Waals surface area contributed by atoms with Crippen LogP contribution in [0, 0.1) is 0 Å². The first-order chi connectivity index (χ1) is 9.16. The van der Waals surface area contributed by atoms with Gasteiger partial charge < -0.3 is 14.2 Å². The molecule has 7 heteroatoms. The summed E-state index contributed by atoms with van der Waals surface area (Å²) in [7, 11) is 1.67. The Hall–Kier alpha value is -0.340. The maximum absolute atomic E-state index is 12.2. The molecule has 1 aromatic heterocycles. The zero-order valence-corrected chi connectivity index (χ0v) is 14.5. The zero-order chi connectivity index (χ0) is 15.5. The molecular weight excluding hydrogens is 344 g/mol. The molecule has 0 saturated carbocycles. The second-order valence-electron chi connectivity index (χ2n) is 5.59. The normalized spacial score (nSPS) is 15.2. The largest absolute Gasteiger partial charge is 0.598 e. The molecule has 1 unspecified atom stereocenters. The van der Waals surface area contributed by atoms with Crippen molar-refractivity contribution in [2.24, 2.45) is 7.05 Å². The summed E-state index contributed by atoms with van der Waals surface area (Å²) in [5.41, 5.74) is 0.564. The molecule has 0 radical (unpaired) electrons. The van der Waals surface area contributed by atoms with Crippen molar-refractivity contribution in [2.75, 3.05) is 6.61 Å². The summed E-state index contributed by atoms with van der Waals surface area (Å²) in [6, 6.07) is 1.15. The van der Waals surface area contributed by atoms with E-state index in [1.807, 2.05) is 20.8 Å². The molecule has 0 amide bonds. The second kappa shape index (κ2) is 7.09. The lowest BCUT2D eigenvalue weighted by atomic mass is 10.1. The Labute approximate surface area is 130 Å². The quantitative estimate of drug-likeness (QED) is 0.778. The molecule has 114 valence electrons. The maximum Gasteiger partial charge on any atom is 0.250 e. The van der Waals surface area contributed by atoms with Crippen molar-refractivity contribution in [3.63, 3.8) is 0 Å². The molecule has 2 N–H and O–H groups in total. The lowest BCUT2D eigenvalue weighted by Crippen LogP contribution is -2.41. The Morgan fingerprint density at radius 2 is 2.15 bits per heavy atom. The van der Waals surface area contributed by atoms with E-state index >= 15 is 0 Å². The van der Waals surface area contributed by atoms with E-state index in [1.54, 1.807) is 13.2 Å². The van der Waals surface area contributed by atoms with Crippen LogP contribution in [0.1, 0.15) is 38.8 Å².